The largest absolute Gasteiger partial charge is 0.481 e. The lowest BCUT2D eigenvalue weighted by Crippen LogP contribution is -2.38. The molecule has 0 bridgehead atoms. The highest BCUT2D eigenvalue weighted by molar-refractivity contribution is 5.66. The highest BCUT2D eigenvalue weighted by Crippen LogP contribution is 2.26. The third kappa shape index (κ3) is 4.04. The number of nitrogens with zero attached hydrogens (tertiary/aromatic N) is 3. The summed E-state index contributed by atoms with van der Waals surface area (Å²) < 4.78 is 10.8. The van der Waals surface area contributed by atoms with Crippen molar-refractivity contribution >= 4 is 11.8 Å². The van der Waals surface area contributed by atoms with Crippen LogP contribution in [0.1, 0.15) is 24.8 Å². The predicted molar refractivity (Wildman–Crippen MR) is 76.8 cm³/mol. The Labute approximate surface area is 123 Å². The standard InChI is InChI=1S/C14H21N3O4/c1-10-13(15-9-16-14(10)20-2)17-6-3-11(4-7-17)21-8-5-12(18)19/h9,11H,3-8H2,1-2H3,(H,18,19). The monoisotopic (exact) mass is 295 g/mol. The summed E-state index contributed by atoms with van der Waals surface area (Å²) in [5.41, 5.74) is 0.935. The summed E-state index contributed by atoms with van der Waals surface area (Å²) in [6.45, 7) is 3.89. The van der Waals surface area contributed by atoms with Crippen molar-refractivity contribution in [2.75, 3.05) is 31.7 Å². The van der Waals surface area contributed by atoms with E-state index in [9.17, 15) is 4.79 Å². The Hall–Kier alpha value is -1.89. The van der Waals surface area contributed by atoms with Gasteiger partial charge in [0.05, 0.1) is 31.8 Å². The van der Waals surface area contributed by atoms with E-state index in [1.165, 1.54) is 6.33 Å². The first-order valence-electron chi connectivity index (χ1n) is 7.05. The zero-order valence-electron chi connectivity index (χ0n) is 12.4. The molecule has 0 saturated carbocycles. The Kier molecular flexibility index (Phi) is 5.32. The van der Waals surface area contributed by atoms with Gasteiger partial charge in [-0.1, -0.05) is 0 Å². The number of carbonyl (C=O) groups is 1. The molecule has 2 rings (SSSR count). The van der Waals surface area contributed by atoms with Gasteiger partial charge in [-0.2, -0.15) is 0 Å². The SMILES string of the molecule is COc1ncnc(N2CCC(OCCC(=O)O)CC2)c1C. The van der Waals surface area contributed by atoms with Gasteiger partial charge in [-0.05, 0) is 19.8 Å². The Bertz CT molecular complexity index is 487. The van der Waals surface area contributed by atoms with Gasteiger partial charge in [0, 0.05) is 13.1 Å². The number of rotatable bonds is 6. The average Bonchev–Trinajstić information content (AvgIpc) is 2.48. The summed E-state index contributed by atoms with van der Waals surface area (Å²) >= 11 is 0. The summed E-state index contributed by atoms with van der Waals surface area (Å²) in [6.07, 6.45) is 3.43. The third-order valence-electron chi connectivity index (χ3n) is 3.62. The van der Waals surface area contributed by atoms with Crippen molar-refractivity contribution in [1.29, 1.82) is 0 Å². The minimum atomic E-state index is -0.823. The van der Waals surface area contributed by atoms with Crippen LogP contribution in [-0.2, 0) is 9.53 Å². The molecular formula is C14H21N3O4. The van der Waals surface area contributed by atoms with Crippen molar-refractivity contribution in [2.24, 2.45) is 0 Å². The van der Waals surface area contributed by atoms with Gasteiger partial charge in [0.25, 0.3) is 0 Å². The fraction of sp³-hybridized carbons (Fsp3) is 0.643. The molecule has 0 radical (unpaired) electrons. The molecule has 0 amide bonds. The average molecular weight is 295 g/mol. The minimum Gasteiger partial charge on any atom is -0.481 e. The fourth-order valence-corrected chi connectivity index (χ4v) is 2.50. The molecule has 1 fully saturated rings. The molecule has 2 heterocycles. The zero-order valence-corrected chi connectivity index (χ0v) is 12.4. The normalized spacial score (nSPS) is 16.0. The van der Waals surface area contributed by atoms with Gasteiger partial charge in [0.1, 0.15) is 12.1 Å². The van der Waals surface area contributed by atoms with Crippen molar-refractivity contribution in [1.82, 2.24) is 9.97 Å². The summed E-state index contributed by atoms with van der Waals surface area (Å²) in [5, 5.41) is 8.60. The lowest BCUT2D eigenvalue weighted by molar-refractivity contribution is -0.138. The summed E-state index contributed by atoms with van der Waals surface area (Å²) in [6, 6.07) is 0. The summed E-state index contributed by atoms with van der Waals surface area (Å²) in [5.74, 6) is 0.668. The zero-order chi connectivity index (χ0) is 15.2. The number of anilines is 1. The number of carboxylic acid groups (broad SMARTS) is 1. The van der Waals surface area contributed by atoms with E-state index in [4.69, 9.17) is 14.6 Å². The van der Waals surface area contributed by atoms with Crippen molar-refractivity contribution in [2.45, 2.75) is 32.3 Å². The van der Waals surface area contributed by atoms with Crippen LogP contribution >= 0.6 is 0 Å². The van der Waals surface area contributed by atoms with Crippen molar-refractivity contribution < 1.29 is 19.4 Å². The number of hydrogen-bond acceptors (Lipinski definition) is 6. The van der Waals surface area contributed by atoms with E-state index in [2.05, 4.69) is 14.9 Å². The van der Waals surface area contributed by atoms with Crippen LogP contribution in [0, 0.1) is 6.92 Å². The van der Waals surface area contributed by atoms with E-state index in [0.29, 0.717) is 5.88 Å². The van der Waals surface area contributed by atoms with Gasteiger partial charge in [0.15, 0.2) is 0 Å². The first-order valence-corrected chi connectivity index (χ1v) is 7.05. The molecular weight excluding hydrogens is 274 g/mol. The number of carboxylic acids is 1. The van der Waals surface area contributed by atoms with Gasteiger partial charge >= 0.3 is 5.97 Å². The van der Waals surface area contributed by atoms with Gasteiger partial charge < -0.3 is 19.5 Å². The molecule has 1 aromatic rings. The number of hydrogen-bond donors (Lipinski definition) is 1. The topological polar surface area (TPSA) is 84.8 Å². The number of ether oxygens (including phenoxy) is 2. The third-order valence-corrected chi connectivity index (χ3v) is 3.62. The molecule has 21 heavy (non-hydrogen) atoms. The number of aromatic nitrogens is 2. The maximum atomic E-state index is 10.5. The second-order valence-electron chi connectivity index (χ2n) is 5.03. The molecule has 0 unspecified atom stereocenters. The van der Waals surface area contributed by atoms with Crippen LogP contribution < -0.4 is 9.64 Å². The first-order chi connectivity index (χ1) is 10.1. The van der Waals surface area contributed by atoms with Crippen LogP contribution in [0.3, 0.4) is 0 Å². The quantitative estimate of drug-likeness (QED) is 0.845. The number of methoxy groups -OCH3 is 1. The summed E-state index contributed by atoms with van der Waals surface area (Å²) in [7, 11) is 1.60. The van der Waals surface area contributed by atoms with E-state index in [0.717, 1.165) is 37.3 Å². The van der Waals surface area contributed by atoms with Crippen LogP contribution in [0.25, 0.3) is 0 Å². The van der Waals surface area contributed by atoms with E-state index in [1.807, 2.05) is 6.92 Å². The Morgan fingerprint density at radius 1 is 1.43 bits per heavy atom. The molecule has 1 saturated heterocycles. The van der Waals surface area contributed by atoms with Gasteiger partial charge in [-0.3, -0.25) is 4.79 Å². The van der Waals surface area contributed by atoms with E-state index >= 15 is 0 Å². The van der Waals surface area contributed by atoms with Crippen molar-refractivity contribution in [3.05, 3.63) is 11.9 Å². The molecule has 0 aromatic carbocycles. The second kappa shape index (κ2) is 7.21. The molecule has 1 aliphatic heterocycles. The minimum absolute atomic E-state index is 0.0580. The predicted octanol–water partition coefficient (Wildman–Crippen LogP) is 1.25. The second-order valence-corrected chi connectivity index (χ2v) is 5.03. The Balaban J connectivity index is 1.88. The molecule has 1 N–H and O–H groups in total. The Morgan fingerprint density at radius 2 is 2.14 bits per heavy atom. The molecule has 0 atom stereocenters. The van der Waals surface area contributed by atoms with E-state index < -0.39 is 5.97 Å². The number of piperidine rings is 1. The lowest BCUT2D eigenvalue weighted by atomic mass is 10.1. The lowest BCUT2D eigenvalue weighted by Gasteiger charge is -2.33. The number of aliphatic carboxylic acids is 1. The van der Waals surface area contributed by atoms with Gasteiger partial charge in [-0.15, -0.1) is 0 Å². The highest BCUT2D eigenvalue weighted by Gasteiger charge is 2.23. The first kappa shape index (κ1) is 15.5. The smallest absolute Gasteiger partial charge is 0.305 e. The van der Waals surface area contributed by atoms with Crippen LogP contribution in [0.5, 0.6) is 5.88 Å². The van der Waals surface area contributed by atoms with Crippen molar-refractivity contribution in [3.63, 3.8) is 0 Å². The van der Waals surface area contributed by atoms with Crippen LogP contribution in [0.15, 0.2) is 6.33 Å². The fourth-order valence-electron chi connectivity index (χ4n) is 2.50. The molecule has 1 aromatic heterocycles. The van der Waals surface area contributed by atoms with Crippen LogP contribution in [0.4, 0.5) is 5.82 Å². The van der Waals surface area contributed by atoms with E-state index in [1.54, 1.807) is 7.11 Å². The molecule has 1 aliphatic rings. The highest BCUT2D eigenvalue weighted by atomic mass is 16.5. The van der Waals surface area contributed by atoms with Crippen LogP contribution in [-0.4, -0.2) is 54.0 Å². The molecule has 0 aliphatic carbocycles. The van der Waals surface area contributed by atoms with Crippen LogP contribution in [0.2, 0.25) is 0 Å². The molecule has 116 valence electrons. The Morgan fingerprint density at radius 3 is 2.76 bits per heavy atom. The van der Waals surface area contributed by atoms with Crippen molar-refractivity contribution in [3.8, 4) is 5.88 Å². The maximum absolute atomic E-state index is 10.5. The van der Waals surface area contributed by atoms with Gasteiger partial charge in [-0.25, -0.2) is 9.97 Å². The molecule has 0 spiro atoms. The summed E-state index contributed by atoms with van der Waals surface area (Å²) in [4.78, 5) is 21.1. The van der Waals surface area contributed by atoms with Gasteiger partial charge in [0.2, 0.25) is 5.88 Å². The van der Waals surface area contributed by atoms with E-state index in [-0.39, 0.29) is 19.1 Å². The molecule has 7 heteroatoms. The maximum Gasteiger partial charge on any atom is 0.305 e. The molecule has 7 nitrogen and oxygen atoms in total.